The number of phosphoric acid groups is 2. The van der Waals surface area contributed by atoms with E-state index in [9.17, 15) is 43.2 Å². The molecule has 0 heterocycles. The average Bonchev–Trinajstić information content (AvgIpc) is 1.01. The molecule has 0 fully saturated rings. The second-order valence-corrected chi connectivity index (χ2v) is 30.3. The molecule has 0 saturated carbocycles. The van der Waals surface area contributed by atoms with Crippen LogP contribution in [0, 0.1) is 0 Å². The normalized spacial score (nSPS) is 14.2. The van der Waals surface area contributed by atoms with Crippen LogP contribution in [0.4, 0.5) is 0 Å². The zero-order chi connectivity index (χ0) is 73.2. The molecule has 0 rings (SSSR count). The molecule has 3 N–H and O–H groups in total. The van der Waals surface area contributed by atoms with Gasteiger partial charge in [0.25, 0.3) is 0 Å². The molecule has 0 aliphatic heterocycles. The van der Waals surface area contributed by atoms with E-state index in [0.29, 0.717) is 25.7 Å². The second-order valence-electron chi connectivity index (χ2n) is 27.4. The Bertz CT molecular complexity index is 2130. The summed E-state index contributed by atoms with van der Waals surface area (Å²) in [6.07, 6.45) is 73.3. The summed E-state index contributed by atoms with van der Waals surface area (Å²) in [5, 5.41) is 10.6. The van der Waals surface area contributed by atoms with Crippen molar-refractivity contribution in [3.63, 3.8) is 0 Å². The maximum atomic E-state index is 13.1. The van der Waals surface area contributed by atoms with Gasteiger partial charge in [-0.05, 0) is 116 Å². The monoisotopic (exact) mass is 1460 g/mol. The first-order valence-corrected chi connectivity index (χ1v) is 43.5. The lowest BCUT2D eigenvalue weighted by molar-refractivity contribution is -0.161. The summed E-state index contributed by atoms with van der Waals surface area (Å²) < 4.78 is 68.6. The number of carbonyl (C=O) groups excluding carboxylic acids is 4. The predicted molar refractivity (Wildman–Crippen MR) is 409 cm³/mol. The first-order valence-electron chi connectivity index (χ1n) is 40.5. The van der Waals surface area contributed by atoms with E-state index in [-0.39, 0.29) is 25.7 Å². The highest BCUT2D eigenvalue weighted by Crippen LogP contribution is 2.45. The molecule has 584 valence electrons. The molecule has 2 unspecified atom stereocenters. The maximum Gasteiger partial charge on any atom is 0.472 e. The van der Waals surface area contributed by atoms with Crippen LogP contribution in [0.3, 0.4) is 0 Å². The van der Waals surface area contributed by atoms with E-state index in [0.717, 1.165) is 154 Å². The Balaban J connectivity index is 5.35. The van der Waals surface area contributed by atoms with E-state index in [1.54, 1.807) is 0 Å². The summed E-state index contributed by atoms with van der Waals surface area (Å²) in [5.41, 5.74) is 0. The summed E-state index contributed by atoms with van der Waals surface area (Å²) in [5.74, 6) is -2.18. The molecule has 0 saturated heterocycles. The number of rotatable bonds is 77. The molecule has 0 aliphatic carbocycles. The lowest BCUT2D eigenvalue weighted by atomic mass is 10.0. The Morgan fingerprint density at radius 1 is 0.280 bits per heavy atom. The van der Waals surface area contributed by atoms with E-state index in [1.165, 1.54) is 141 Å². The van der Waals surface area contributed by atoms with Gasteiger partial charge in [0.1, 0.15) is 19.3 Å². The Hall–Kier alpha value is -3.24. The van der Waals surface area contributed by atoms with E-state index in [4.69, 9.17) is 37.0 Å². The SMILES string of the molecule is CCCCC/C=C\C/C=C\CCCCCCCC(=O)OC[C@H](COP(=O)(O)OC[C@H](O)COP(=O)(O)OC[C@@H](COC(=O)CCCCCCC/C=C\CCCCCCCC)OC(=O)CCCCCCC/C=C\C/C=C\CCCCC)OC(=O)CCCCCCCCCCCCCCCCC. The molecule has 0 aromatic carbocycles. The van der Waals surface area contributed by atoms with Crippen molar-refractivity contribution in [3.05, 3.63) is 60.8 Å². The lowest BCUT2D eigenvalue weighted by Crippen LogP contribution is -2.30. The van der Waals surface area contributed by atoms with E-state index in [2.05, 4.69) is 88.5 Å². The Labute approximate surface area is 610 Å². The van der Waals surface area contributed by atoms with Crippen molar-refractivity contribution in [2.24, 2.45) is 0 Å². The highest BCUT2D eigenvalue weighted by molar-refractivity contribution is 7.47. The van der Waals surface area contributed by atoms with Crippen molar-refractivity contribution >= 4 is 39.5 Å². The highest BCUT2D eigenvalue weighted by atomic mass is 31.2. The van der Waals surface area contributed by atoms with Crippen LogP contribution in [0.5, 0.6) is 0 Å². The first-order chi connectivity index (χ1) is 48.7. The fraction of sp³-hybridized carbons (Fsp3) is 0.827. The van der Waals surface area contributed by atoms with E-state index >= 15 is 0 Å². The van der Waals surface area contributed by atoms with Crippen molar-refractivity contribution < 1.29 is 80.2 Å². The lowest BCUT2D eigenvalue weighted by Gasteiger charge is -2.21. The van der Waals surface area contributed by atoms with Crippen molar-refractivity contribution in [2.45, 2.75) is 393 Å². The van der Waals surface area contributed by atoms with Crippen LogP contribution in [-0.4, -0.2) is 96.7 Å². The number of hydrogen-bond donors (Lipinski definition) is 3. The molecule has 0 aliphatic rings. The van der Waals surface area contributed by atoms with Gasteiger partial charge in [-0.25, -0.2) is 9.13 Å². The minimum atomic E-state index is -4.98. The van der Waals surface area contributed by atoms with E-state index < -0.39 is 97.5 Å². The molecular weight excluding hydrogens is 1310 g/mol. The van der Waals surface area contributed by atoms with Crippen LogP contribution in [0.1, 0.15) is 374 Å². The number of unbranched alkanes of at least 4 members (excludes halogenated alkanes) is 41. The zero-order valence-electron chi connectivity index (χ0n) is 63.9. The minimum absolute atomic E-state index is 0.0812. The first kappa shape index (κ1) is 96.8. The largest absolute Gasteiger partial charge is 0.472 e. The average molecular weight is 1460 g/mol. The molecule has 17 nitrogen and oxygen atoms in total. The van der Waals surface area contributed by atoms with Crippen molar-refractivity contribution in [2.75, 3.05) is 39.6 Å². The second kappa shape index (κ2) is 74.0. The maximum absolute atomic E-state index is 13.1. The summed E-state index contributed by atoms with van der Waals surface area (Å²) in [7, 11) is -9.95. The summed E-state index contributed by atoms with van der Waals surface area (Å²) >= 11 is 0. The van der Waals surface area contributed by atoms with Crippen LogP contribution in [0.15, 0.2) is 60.8 Å². The number of hydrogen-bond acceptors (Lipinski definition) is 15. The number of aliphatic hydroxyl groups excluding tert-OH is 1. The highest BCUT2D eigenvalue weighted by Gasteiger charge is 2.30. The summed E-state index contributed by atoms with van der Waals surface area (Å²) in [4.78, 5) is 73.0. The molecule has 100 heavy (non-hydrogen) atoms. The molecule has 0 spiro atoms. The molecule has 0 aromatic heterocycles. The number of esters is 4. The number of aliphatic hydroxyl groups is 1. The van der Waals surface area contributed by atoms with Crippen LogP contribution >= 0.6 is 15.6 Å². The topological polar surface area (TPSA) is 237 Å². The summed E-state index contributed by atoms with van der Waals surface area (Å²) in [6.45, 7) is 4.85. The third-order valence-electron chi connectivity index (χ3n) is 17.5. The number of carbonyl (C=O) groups is 4. The van der Waals surface area contributed by atoms with E-state index in [1.807, 2.05) is 0 Å². The third kappa shape index (κ3) is 73.1. The van der Waals surface area contributed by atoms with Gasteiger partial charge in [-0.2, -0.15) is 0 Å². The molecular formula is C81H148O17P2. The molecule has 19 heteroatoms. The van der Waals surface area contributed by atoms with Gasteiger partial charge in [-0.3, -0.25) is 37.3 Å². The van der Waals surface area contributed by atoms with Gasteiger partial charge in [-0.1, -0.05) is 294 Å². The minimum Gasteiger partial charge on any atom is -0.462 e. The molecule has 0 aromatic rings. The molecule has 5 atom stereocenters. The van der Waals surface area contributed by atoms with Gasteiger partial charge >= 0.3 is 39.5 Å². The van der Waals surface area contributed by atoms with Crippen LogP contribution in [0.2, 0.25) is 0 Å². The number of ether oxygens (including phenoxy) is 4. The molecule has 0 radical (unpaired) electrons. The van der Waals surface area contributed by atoms with Gasteiger partial charge in [-0.15, -0.1) is 0 Å². The fourth-order valence-corrected chi connectivity index (χ4v) is 12.8. The van der Waals surface area contributed by atoms with Crippen molar-refractivity contribution in [1.82, 2.24) is 0 Å². The molecule has 0 bridgehead atoms. The third-order valence-corrected chi connectivity index (χ3v) is 19.4. The van der Waals surface area contributed by atoms with Gasteiger partial charge < -0.3 is 33.8 Å². The van der Waals surface area contributed by atoms with Crippen molar-refractivity contribution in [3.8, 4) is 0 Å². The zero-order valence-corrected chi connectivity index (χ0v) is 65.7. The number of phosphoric ester groups is 2. The van der Waals surface area contributed by atoms with Crippen LogP contribution in [0.25, 0.3) is 0 Å². The fourth-order valence-electron chi connectivity index (χ4n) is 11.2. The Kier molecular flexibility index (Phi) is 71.6. The van der Waals surface area contributed by atoms with Crippen LogP contribution < -0.4 is 0 Å². The van der Waals surface area contributed by atoms with Gasteiger partial charge in [0, 0.05) is 25.7 Å². The standard InChI is InChI=1S/C81H148O17P2/c1-5-9-13-17-21-25-29-33-37-41-45-49-53-57-61-65-78(83)91-71-76(97-80(85)67-63-59-55-51-47-43-39-35-31-27-23-19-15-11-7-3)73-95-99(87,88)93-69-75(82)70-94-100(89,90)96-74-77(98-81(86)68-64-60-56-52-48-44-40-36-32-28-24-20-16-12-8-4)72-92-79(84)66-62-58-54-50-46-42-38-34-30-26-22-18-14-10-6-2/h21,24-25,28,33-34,36-38,40,75-77,82H,5-20,22-23,26-27,29-32,35,39,41-74H2,1-4H3,(H,87,88)(H,89,90)/b25-21-,28-24-,37-33-,38-34-,40-36-/t75-,76+,77+/m0/s1. The molecule has 0 amide bonds. The smallest absolute Gasteiger partial charge is 0.462 e. The van der Waals surface area contributed by atoms with Gasteiger partial charge in [0.15, 0.2) is 12.2 Å². The predicted octanol–water partition coefficient (Wildman–Crippen LogP) is 23.5. The van der Waals surface area contributed by atoms with Crippen molar-refractivity contribution in [1.29, 1.82) is 0 Å². The summed E-state index contributed by atoms with van der Waals surface area (Å²) in [6, 6.07) is 0. The van der Waals surface area contributed by atoms with Crippen LogP contribution in [-0.2, 0) is 65.4 Å². The quantitative estimate of drug-likeness (QED) is 0.0169. The van der Waals surface area contributed by atoms with Gasteiger partial charge in [0.05, 0.1) is 26.4 Å². The van der Waals surface area contributed by atoms with Gasteiger partial charge in [0.2, 0.25) is 0 Å². The number of allylic oxidation sites excluding steroid dienone is 10. The Morgan fingerprint density at radius 2 is 0.490 bits per heavy atom. The Morgan fingerprint density at radius 3 is 0.770 bits per heavy atom.